The largest absolute Gasteiger partial charge is 0.487 e. The molecule has 2 heterocycles. The fourth-order valence-corrected chi connectivity index (χ4v) is 3.09. The van der Waals surface area contributed by atoms with Crippen molar-refractivity contribution in [2.24, 2.45) is 0 Å². The number of furan rings is 1. The Hall–Kier alpha value is -2.14. The highest BCUT2D eigenvalue weighted by molar-refractivity contribution is 5.95. The summed E-state index contributed by atoms with van der Waals surface area (Å²) in [6, 6.07) is 7.14. The summed E-state index contributed by atoms with van der Waals surface area (Å²) in [5.74, 6) is 1.97. The van der Waals surface area contributed by atoms with Crippen LogP contribution >= 0.6 is 12.4 Å². The molecule has 1 atom stereocenters. The van der Waals surface area contributed by atoms with E-state index in [0.29, 0.717) is 23.4 Å². The molecule has 3 rings (SSSR count). The standard InChI is InChI=1S/C18H22N2O3.ClH/c1-10-7-13(11(2)22-10)17(21)20-15-9-18(3,4)23-16-6-5-12(19)8-14(15)16;/h5-8,15H,9,19H2,1-4H3,(H,20,21);1H. The van der Waals surface area contributed by atoms with E-state index in [-0.39, 0.29) is 30.0 Å². The van der Waals surface area contributed by atoms with Crippen molar-refractivity contribution in [1.82, 2.24) is 5.32 Å². The number of halogens is 1. The van der Waals surface area contributed by atoms with Crippen molar-refractivity contribution in [3.63, 3.8) is 0 Å². The number of amides is 1. The van der Waals surface area contributed by atoms with Crippen molar-refractivity contribution in [2.75, 3.05) is 5.73 Å². The van der Waals surface area contributed by atoms with Crippen LogP contribution in [0.2, 0.25) is 0 Å². The lowest BCUT2D eigenvalue weighted by Gasteiger charge is -2.38. The van der Waals surface area contributed by atoms with Crippen LogP contribution in [0.3, 0.4) is 0 Å². The fourth-order valence-electron chi connectivity index (χ4n) is 3.09. The predicted octanol–water partition coefficient (Wildman–Crippen LogP) is 3.93. The van der Waals surface area contributed by atoms with Gasteiger partial charge in [-0.3, -0.25) is 4.79 Å². The molecule has 0 aliphatic carbocycles. The van der Waals surface area contributed by atoms with Gasteiger partial charge in [-0.2, -0.15) is 0 Å². The molecule has 5 nitrogen and oxygen atoms in total. The van der Waals surface area contributed by atoms with Gasteiger partial charge in [-0.15, -0.1) is 12.4 Å². The number of hydrogen-bond acceptors (Lipinski definition) is 4. The molecular weight excluding hydrogens is 328 g/mol. The summed E-state index contributed by atoms with van der Waals surface area (Å²) < 4.78 is 11.4. The Kier molecular flexibility index (Phi) is 4.85. The maximum atomic E-state index is 12.6. The van der Waals surface area contributed by atoms with Crippen LogP contribution in [-0.2, 0) is 0 Å². The molecule has 1 aromatic heterocycles. The topological polar surface area (TPSA) is 77.5 Å². The molecule has 3 N–H and O–H groups in total. The molecule has 1 unspecified atom stereocenters. The highest BCUT2D eigenvalue weighted by Gasteiger charge is 2.35. The first-order valence-corrected chi connectivity index (χ1v) is 7.71. The summed E-state index contributed by atoms with van der Waals surface area (Å²) in [6.07, 6.45) is 0.672. The summed E-state index contributed by atoms with van der Waals surface area (Å²) in [6.45, 7) is 7.65. The molecule has 0 radical (unpaired) electrons. The van der Waals surface area contributed by atoms with E-state index in [1.54, 1.807) is 13.0 Å². The van der Waals surface area contributed by atoms with Crippen LogP contribution in [0.1, 0.15) is 53.8 Å². The average Bonchev–Trinajstić information content (AvgIpc) is 2.78. The highest BCUT2D eigenvalue weighted by atomic mass is 35.5. The molecule has 0 fully saturated rings. The number of hydrogen-bond donors (Lipinski definition) is 2. The second-order valence-electron chi connectivity index (χ2n) is 6.72. The van der Waals surface area contributed by atoms with Crippen molar-refractivity contribution >= 4 is 24.0 Å². The second-order valence-corrected chi connectivity index (χ2v) is 6.72. The van der Waals surface area contributed by atoms with Crippen molar-refractivity contribution in [3.05, 3.63) is 46.9 Å². The number of rotatable bonds is 2. The number of ether oxygens (including phenoxy) is 1. The van der Waals surface area contributed by atoms with Crippen molar-refractivity contribution < 1.29 is 13.9 Å². The van der Waals surface area contributed by atoms with Gasteiger partial charge in [0.2, 0.25) is 0 Å². The Morgan fingerprint density at radius 1 is 1.29 bits per heavy atom. The number of fused-ring (bicyclic) bond motifs is 1. The molecule has 24 heavy (non-hydrogen) atoms. The van der Waals surface area contributed by atoms with Crippen molar-refractivity contribution in [3.8, 4) is 5.75 Å². The first-order chi connectivity index (χ1) is 10.7. The number of nitrogen functional groups attached to an aromatic ring is 1. The van der Waals surface area contributed by atoms with E-state index in [1.807, 2.05) is 39.0 Å². The molecule has 0 bridgehead atoms. The van der Waals surface area contributed by atoms with Crippen molar-refractivity contribution in [2.45, 2.75) is 45.8 Å². The molecule has 0 saturated carbocycles. The number of aryl methyl sites for hydroxylation is 2. The number of nitrogens with two attached hydrogens (primary N) is 1. The first kappa shape index (κ1) is 18.2. The van der Waals surface area contributed by atoms with Crippen LogP contribution < -0.4 is 15.8 Å². The lowest BCUT2D eigenvalue weighted by Crippen LogP contribution is -2.41. The molecular formula is C18H23ClN2O3. The van der Waals surface area contributed by atoms with Crippen LogP contribution in [0.5, 0.6) is 5.75 Å². The number of carbonyl (C=O) groups excluding carboxylic acids is 1. The number of nitrogens with one attached hydrogen (secondary N) is 1. The summed E-state index contributed by atoms with van der Waals surface area (Å²) >= 11 is 0. The smallest absolute Gasteiger partial charge is 0.255 e. The van der Waals surface area contributed by atoms with E-state index in [9.17, 15) is 4.79 Å². The van der Waals surface area contributed by atoms with Crippen LogP contribution in [0.4, 0.5) is 5.69 Å². The van der Waals surface area contributed by atoms with E-state index in [0.717, 1.165) is 17.1 Å². The zero-order chi connectivity index (χ0) is 16.8. The summed E-state index contributed by atoms with van der Waals surface area (Å²) in [4.78, 5) is 12.6. The van der Waals surface area contributed by atoms with E-state index in [2.05, 4.69) is 5.32 Å². The minimum Gasteiger partial charge on any atom is -0.487 e. The van der Waals surface area contributed by atoms with Gasteiger partial charge in [0, 0.05) is 17.7 Å². The minimum atomic E-state index is -0.359. The zero-order valence-corrected chi connectivity index (χ0v) is 15.1. The molecule has 0 spiro atoms. The lowest BCUT2D eigenvalue weighted by molar-refractivity contribution is 0.0619. The Labute approximate surface area is 148 Å². The monoisotopic (exact) mass is 350 g/mol. The molecule has 1 aliphatic heterocycles. The van der Waals surface area contributed by atoms with Gasteiger partial charge in [0.05, 0.1) is 11.6 Å². The van der Waals surface area contributed by atoms with E-state index in [4.69, 9.17) is 14.9 Å². The quantitative estimate of drug-likeness (QED) is 0.804. The summed E-state index contributed by atoms with van der Waals surface area (Å²) in [5.41, 5.74) is 7.67. The van der Waals surface area contributed by atoms with Gasteiger partial charge >= 0.3 is 0 Å². The van der Waals surface area contributed by atoms with E-state index in [1.165, 1.54) is 0 Å². The molecule has 130 valence electrons. The Morgan fingerprint density at radius 2 is 2.00 bits per heavy atom. The third-order valence-corrected chi connectivity index (χ3v) is 4.08. The third-order valence-electron chi connectivity index (χ3n) is 4.08. The molecule has 0 saturated heterocycles. The average molecular weight is 351 g/mol. The zero-order valence-electron chi connectivity index (χ0n) is 14.3. The number of benzene rings is 1. The fraction of sp³-hybridized carbons (Fsp3) is 0.389. The van der Waals surface area contributed by atoms with Crippen LogP contribution in [0.15, 0.2) is 28.7 Å². The minimum absolute atomic E-state index is 0. The molecule has 2 aromatic rings. The lowest BCUT2D eigenvalue weighted by atomic mass is 9.89. The van der Waals surface area contributed by atoms with Gasteiger partial charge in [0.1, 0.15) is 22.9 Å². The SMILES string of the molecule is Cc1cc(C(=O)NC2CC(C)(C)Oc3ccc(N)cc32)c(C)o1.Cl. The Morgan fingerprint density at radius 3 is 2.62 bits per heavy atom. The molecule has 6 heteroatoms. The van der Waals surface area contributed by atoms with Gasteiger partial charge in [-0.1, -0.05) is 0 Å². The molecule has 1 aromatic carbocycles. The predicted molar refractivity (Wildman–Crippen MR) is 95.8 cm³/mol. The van der Waals surface area contributed by atoms with Gasteiger partial charge in [0.25, 0.3) is 5.91 Å². The van der Waals surface area contributed by atoms with Gasteiger partial charge < -0.3 is 20.2 Å². The Balaban J connectivity index is 0.00000208. The molecule has 1 aliphatic rings. The normalized spacial score (nSPS) is 18.1. The summed E-state index contributed by atoms with van der Waals surface area (Å²) in [5, 5.41) is 3.09. The van der Waals surface area contributed by atoms with E-state index >= 15 is 0 Å². The third kappa shape index (κ3) is 3.51. The number of anilines is 1. The first-order valence-electron chi connectivity index (χ1n) is 7.71. The summed E-state index contributed by atoms with van der Waals surface area (Å²) in [7, 11) is 0. The van der Waals surface area contributed by atoms with Crippen LogP contribution in [-0.4, -0.2) is 11.5 Å². The van der Waals surface area contributed by atoms with Gasteiger partial charge in [0.15, 0.2) is 0 Å². The van der Waals surface area contributed by atoms with Crippen LogP contribution in [0.25, 0.3) is 0 Å². The Bertz CT molecular complexity index is 768. The van der Waals surface area contributed by atoms with Gasteiger partial charge in [-0.05, 0) is 52.0 Å². The van der Waals surface area contributed by atoms with Crippen LogP contribution in [0, 0.1) is 13.8 Å². The number of carbonyl (C=O) groups is 1. The maximum Gasteiger partial charge on any atom is 0.255 e. The molecule has 1 amide bonds. The van der Waals surface area contributed by atoms with Gasteiger partial charge in [-0.25, -0.2) is 0 Å². The van der Waals surface area contributed by atoms with Crippen molar-refractivity contribution in [1.29, 1.82) is 0 Å². The maximum absolute atomic E-state index is 12.6. The van der Waals surface area contributed by atoms with E-state index < -0.39 is 0 Å². The highest BCUT2D eigenvalue weighted by Crippen LogP contribution is 2.40. The second kappa shape index (κ2) is 6.40.